The van der Waals surface area contributed by atoms with Gasteiger partial charge in [-0.3, -0.25) is 9.78 Å². The first kappa shape index (κ1) is 27.4. The van der Waals surface area contributed by atoms with Gasteiger partial charge in [-0.05, 0) is 35.9 Å². The van der Waals surface area contributed by atoms with E-state index in [4.69, 9.17) is 9.47 Å². The van der Waals surface area contributed by atoms with Crippen LogP contribution in [0.1, 0.15) is 37.4 Å². The lowest BCUT2D eigenvalue weighted by Gasteiger charge is -2.17. The van der Waals surface area contributed by atoms with Crippen LogP contribution in [0.5, 0.6) is 11.5 Å². The standard InChI is InChI=1S/C32H22F3NO5/c1-40-27-16-21(31(38)39)13-14-22(27)18-41-23-10-5-9-20(15-23)28-24-11-6-12-26(32(33,34)35)29(24)36-17-25(28)30(37)19-7-3-2-4-8-19/h2-17H,18H2,1H3,(H,38,39). The molecule has 0 aliphatic rings. The molecule has 1 aromatic heterocycles. The van der Waals surface area contributed by atoms with Crippen LogP contribution in [0, 0.1) is 0 Å². The van der Waals surface area contributed by atoms with Crippen LogP contribution in [0.25, 0.3) is 22.0 Å². The molecule has 9 heteroatoms. The van der Waals surface area contributed by atoms with Gasteiger partial charge in [0.15, 0.2) is 5.78 Å². The van der Waals surface area contributed by atoms with Gasteiger partial charge in [0.05, 0.1) is 23.8 Å². The second-order valence-corrected chi connectivity index (χ2v) is 9.09. The molecule has 5 aromatic rings. The Morgan fingerprint density at radius 3 is 2.34 bits per heavy atom. The zero-order valence-electron chi connectivity index (χ0n) is 21.6. The highest BCUT2D eigenvalue weighted by Crippen LogP contribution is 2.39. The number of para-hydroxylation sites is 1. The number of hydrogen-bond acceptors (Lipinski definition) is 5. The predicted octanol–water partition coefficient (Wildman–Crippen LogP) is 7.44. The monoisotopic (exact) mass is 557 g/mol. The van der Waals surface area contributed by atoms with Gasteiger partial charge in [0.25, 0.3) is 0 Å². The summed E-state index contributed by atoms with van der Waals surface area (Å²) in [6.07, 6.45) is -3.46. The molecule has 4 aromatic carbocycles. The van der Waals surface area contributed by atoms with Crippen LogP contribution in [0.3, 0.4) is 0 Å². The third-order valence-electron chi connectivity index (χ3n) is 6.53. The van der Waals surface area contributed by atoms with Gasteiger partial charge in [0.2, 0.25) is 0 Å². The second-order valence-electron chi connectivity index (χ2n) is 9.09. The number of halogens is 3. The van der Waals surface area contributed by atoms with Crippen molar-refractivity contribution in [2.45, 2.75) is 12.8 Å². The number of carbonyl (C=O) groups excluding carboxylic acids is 1. The number of ether oxygens (including phenoxy) is 2. The molecule has 0 saturated heterocycles. The number of methoxy groups -OCH3 is 1. The number of nitrogens with zero attached hydrogens (tertiary/aromatic N) is 1. The van der Waals surface area contributed by atoms with Gasteiger partial charge in [0.1, 0.15) is 18.1 Å². The van der Waals surface area contributed by atoms with Gasteiger partial charge in [-0.15, -0.1) is 0 Å². The van der Waals surface area contributed by atoms with E-state index in [0.29, 0.717) is 33.8 Å². The quantitative estimate of drug-likeness (QED) is 0.200. The molecule has 0 saturated carbocycles. The Labute approximate surface area is 232 Å². The van der Waals surface area contributed by atoms with E-state index in [2.05, 4.69) is 4.98 Å². The van der Waals surface area contributed by atoms with E-state index in [1.807, 2.05) is 0 Å². The number of hydrogen-bond donors (Lipinski definition) is 1. The van der Waals surface area contributed by atoms with E-state index >= 15 is 0 Å². The average molecular weight is 558 g/mol. The molecule has 0 aliphatic carbocycles. The van der Waals surface area contributed by atoms with E-state index in [0.717, 1.165) is 6.07 Å². The molecular formula is C32H22F3NO5. The predicted molar refractivity (Wildman–Crippen MR) is 146 cm³/mol. The van der Waals surface area contributed by atoms with Crippen molar-refractivity contribution < 1.29 is 37.3 Å². The SMILES string of the molecule is COc1cc(C(=O)O)ccc1COc1cccc(-c2c(C(=O)c3ccccc3)cnc3c(C(F)(F)F)cccc23)c1. The van der Waals surface area contributed by atoms with Crippen molar-refractivity contribution in [2.24, 2.45) is 0 Å². The van der Waals surface area contributed by atoms with Gasteiger partial charge >= 0.3 is 12.1 Å². The number of aromatic carboxylic acids is 1. The molecule has 5 rings (SSSR count). The summed E-state index contributed by atoms with van der Waals surface area (Å²) in [5.74, 6) is -0.775. The Morgan fingerprint density at radius 1 is 0.878 bits per heavy atom. The number of rotatable bonds is 8. The maximum Gasteiger partial charge on any atom is 0.418 e. The summed E-state index contributed by atoms with van der Waals surface area (Å²) in [4.78, 5) is 28.9. The molecule has 0 aliphatic heterocycles. The molecule has 0 atom stereocenters. The third kappa shape index (κ3) is 5.60. The number of alkyl halides is 3. The van der Waals surface area contributed by atoms with Crippen molar-refractivity contribution in [3.63, 3.8) is 0 Å². The van der Waals surface area contributed by atoms with Crippen LogP contribution in [-0.4, -0.2) is 29.0 Å². The van der Waals surface area contributed by atoms with Gasteiger partial charge in [-0.1, -0.05) is 60.7 Å². The van der Waals surface area contributed by atoms with Crippen molar-refractivity contribution in [1.82, 2.24) is 4.98 Å². The number of aromatic nitrogens is 1. The summed E-state index contributed by atoms with van der Waals surface area (Å²) in [6, 6.07) is 23.3. The number of ketones is 1. The third-order valence-corrected chi connectivity index (χ3v) is 6.53. The van der Waals surface area contributed by atoms with Crippen LogP contribution in [0.2, 0.25) is 0 Å². The zero-order valence-corrected chi connectivity index (χ0v) is 21.6. The van der Waals surface area contributed by atoms with Crippen LogP contribution in [-0.2, 0) is 12.8 Å². The summed E-state index contributed by atoms with van der Waals surface area (Å²) < 4.78 is 52.9. The highest BCUT2D eigenvalue weighted by molar-refractivity contribution is 6.16. The minimum Gasteiger partial charge on any atom is -0.496 e. The fraction of sp³-hybridized carbons (Fsp3) is 0.0938. The molecule has 0 amide bonds. The smallest absolute Gasteiger partial charge is 0.418 e. The summed E-state index contributed by atoms with van der Waals surface area (Å²) in [6.45, 7) is 0.0254. The molecule has 1 N–H and O–H groups in total. The average Bonchev–Trinajstić information content (AvgIpc) is 2.98. The molecule has 0 radical (unpaired) electrons. The Hall–Kier alpha value is -5.18. The Bertz CT molecular complexity index is 1770. The molecule has 0 fully saturated rings. The van der Waals surface area contributed by atoms with Gasteiger partial charge in [-0.2, -0.15) is 13.2 Å². The number of carbonyl (C=O) groups is 2. The first-order valence-corrected chi connectivity index (χ1v) is 12.4. The first-order chi connectivity index (χ1) is 19.7. The number of pyridine rings is 1. The summed E-state index contributed by atoms with van der Waals surface area (Å²) in [5, 5.41) is 9.41. The first-order valence-electron chi connectivity index (χ1n) is 12.4. The highest BCUT2D eigenvalue weighted by Gasteiger charge is 2.34. The number of fused-ring (bicyclic) bond motifs is 1. The molecule has 1 heterocycles. The van der Waals surface area contributed by atoms with E-state index in [-0.39, 0.29) is 34.4 Å². The number of benzene rings is 4. The number of carboxylic acids is 1. The second kappa shape index (κ2) is 11.1. The lowest BCUT2D eigenvalue weighted by atomic mass is 9.91. The Kier molecular flexibility index (Phi) is 7.43. The molecule has 6 nitrogen and oxygen atoms in total. The van der Waals surface area contributed by atoms with Gasteiger partial charge in [0, 0.05) is 33.8 Å². The molecule has 0 bridgehead atoms. The Balaban J connectivity index is 1.60. The maximum absolute atomic E-state index is 13.9. The van der Waals surface area contributed by atoms with Crippen LogP contribution in [0.4, 0.5) is 13.2 Å². The number of carboxylic acid groups (broad SMARTS) is 1. The largest absolute Gasteiger partial charge is 0.496 e. The van der Waals surface area contributed by atoms with Crippen molar-refractivity contribution in [2.75, 3.05) is 7.11 Å². The van der Waals surface area contributed by atoms with Crippen LogP contribution in [0.15, 0.2) is 97.2 Å². The van der Waals surface area contributed by atoms with Crippen molar-refractivity contribution in [3.05, 3.63) is 125 Å². The van der Waals surface area contributed by atoms with Crippen molar-refractivity contribution >= 4 is 22.7 Å². The zero-order chi connectivity index (χ0) is 29.1. The minimum absolute atomic E-state index is 0.0254. The van der Waals surface area contributed by atoms with E-state index < -0.39 is 17.7 Å². The Morgan fingerprint density at radius 2 is 1.63 bits per heavy atom. The lowest BCUT2D eigenvalue weighted by molar-refractivity contribution is -0.136. The topological polar surface area (TPSA) is 85.7 Å². The van der Waals surface area contributed by atoms with E-state index in [1.54, 1.807) is 60.7 Å². The molecule has 0 unspecified atom stereocenters. The summed E-state index contributed by atoms with van der Waals surface area (Å²) in [5.41, 5.74) is 0.745. The molecule has 206 valence electrons. The van der Waals surface area contributed by atoms with E-state index in [9.17, 15) is 27.9 Å². The van der Waals surface area contributed by atoms with Gasteiger partial charge < -0.3 is 14.6 Å². The fourth-order valence-electron chi connectivity index (χ4n) is 4.58. The van der Waals surface area contributed by atoms with Crippen LogP contribution >= 0.6 is 0 Å². The van der Waals surface area contributed by atoms with E-state index in [1.165, 1.54) is 37.6 Å². The van der Waals surface area contributed by atoms with Crippen LogP contribution < -0.4 is 9.47 Å². The lowest BCUT2D eigenvalue weighted by Crippen LogP contribution is -2.09. The fourth-order valence-corrected chi connectivity index (χ4v) is 4.58. The van der Waals surface area contributed by atoms with Crippen molar-refractivity contribution in [3.8, 4) is 22.6 Å². The van der Waals surface area contributed by atoms with Gasteiger partial charge in [-0.25, -0.2) is 4.79 Å². The summed E-state index contributed by atoms with van der Waals surface area (Å²) >= 11 is 0. The molecule has 41 heavy (non-hydrogen) atoms. The molecule has 0 spiro atoms. The summed E-state index contributed by atoms with van der Waals surface area (Å²) in [7, 11) is 1.42. The molecular weight excluding hydrogens is 535 g/mol. The normalized spacial score (nSPS) is 11.3. The van der Waals surface area contributed by atoms with Crippen molar-refractivity contribution in [1.29, 1.82) is 0 Å². The maximum atomic E-state index is 13.9. The highest BCUT2D eigenvalue weighted by atomic mass is 19.4. The minimum atomic E-state index is -4.64.